The zero-order valence-corrected chi connectivity index (χ0v) is 24.1. The van der Waals surface area contributed by atoms with Gasteiger partial charge in [0.1, 0.15) is 5.69 Å². The molecule has 3 aliphatic rings. The number of rotatable bonds is 6. The highest BCUT2D eigenvalue weighted by atomic mass is 32.1. The van der Waals surface area contributed by atoms with Gasteiger partial charge in [-0.2, -0.15) is 0 Å². The van der Waals surface area contributed by atoms with Crippen LogP contribution in [0.4, 0.5) is 23.0 Å². The van der Waals surface area contributed by atoms with Gasteiger partial charge in [0.2, 0.25) is 0 Å². The average molecular weight is 568 g/mol. The van der Waals surface area contributed by atoms with Crippen LogP contribution in [0.1, 0.15) is 56.8 Å². The van der Waals surface area contributed by atoms with Gasteiger partial charge < -0.3 is 25.4 Å². The molecule has 7 rings (SSSR count). The van der Waals surface area contributed by atoms with Gasteiger partial charge in [-0.25, -0.2) is 0 Å². The number of amides is 1. The number of carbonyl (C=O) groups excluding carboxylic acids is 1. The fourth-order valence-corrected chi connectivity index (χ4v) is 7.70. The van der Waals surface area contributed by atoms with Crippen molar-refractivity contribution in [2.24, 2.45) is 0 Å². The van der Waals surface area contributed by atoms with E-state index >= 15 is 0 Å². The number of aromatic nitrogens is 3. The molecule has 10 heteroatoms. The molecule has 1 aliphatic heterocycles. The maximum absolute atomic E-state index is 13.2. The summed E-state index contributed by atoms with van der Waals surface area (Å²) >= 11 is 1.66. The summed E-state index contributed by atoms with van der Waals surface area (Å²) in [5, 5.41) is 15.0. The molecule has 41 heavy (non-hydrogen) atoms. The number of benzene rings is 1. The normalized spacial score (nSPS) is 19.8. The number of likely N-dealkylation sites (N-methyl/N-ethyl adjacent to an activating group) is 1. The summed E-state index contributed by atoms with van der Waals surface area (Å²) in [6, 6.07) is 13.5. The highest BCUT2D eigenvalue weighted by Gasteiger charge is 2.39. The Kier molecular flexibility index (Phi) is 6.59. The average Bonchev–Trinajstić information content (AvgIpc) is 3.71. The van der Waals surface area contributed by atoms with E-state index in [2.05, 4.69) is 48.7 Å². The van der Waals surface area contributed by atoms with E-state index in [0.29, 0.717) is 23.3 Å². The van der Waals surface area contributed by atoms with Crippen molar-refractivity contribution in [2.45, 2.75) is 38.0 Å². The van der Waals surface area contributed by atoms with E-state index in [1.165, 1.54) is 29.7 Å². The minimum Gasteiger partial charge on any atom is -0.353 e. The van der Waals surface area contributed by atoms with E-state index in [9.17, 15) is 9.59 Å². The molecule has 2 aliphatic carbocycles. The second-order valence-corrected chi connectivity index (χ2v) is 12.5. The lowest BCUT2D eigenvalue weighted by Gasteiger charge is -2.32. The number of pyridine rings is 1. The van der Waals surface area contributed by atoms with E-state index in [1.807, 2.05) is 43.3 Å². The zero-order valence-electron chi connectivity index (χ0n) is 23.2. The molecule has 210 valence electrons. The lowest BCUT2D eigenvalue weighted by Crippen LogP contribution is -2.44. The number of aromatic amines is 1. The molecule has 4 aromatic rings. The predicted molar refractivity (Wildman–Crippen MR) is 164 cm³/mol. The predicted octanol–water partition coefficient (Wildman–Crippen LogP) is 5.31. The van der Waals surface area contributed by atoms with Crippen molar-refractivity contribution in [3.8, 4) is 11.1 Å². The Labute approximate surface area is 242 Å². The molecule has 2 unspecified atom stereocenters. The molecular formula is C31H33N7O2S. The van der Waals surface area contributed by atoms with Crippen LogP contribution in [0.3, 0.4) is 0 Å². The van der Waals surface area contributed by atoms with Crippen LogP contribution in [0.5, 0.6) is 0 Å². The minimum absolute atomic E-state index is 0.0635. The Morgan fingerprint density at radius 3 is 2.63 bits per heavy atom. The fraction of sp³-hybridized carbons (Fsp3) is 0.355. The van der Waals surface area contributed by atoms with Crippen LogP contribution in [0.15, 0.2) is 53.5 Å². The van der Waals surface area contributed by atoms with Crippen molar-refractivity contribution >= 4 is 40.3 Å². The molecule has 1 saturated carbocycles. The number of nitrogens with zero attached hydrogens (tertiary/aromatic N) is 4. The molecule has 2 fully saturated rings. The second-order valence-electron chi connectivity index (χ2n) is 11.4. The van der Waals surface area contributed by atoms with Crippen molar-refractivity contribution in [3.63, 3.8) is 0 Å². The number of nitrogens with one attached hydrogen (secondary N) is 3. The van der Waals surface area contributed by atoms with Crippen LogP contribution in [-0.2, 0) is 0 Å². The number of carbonyl (C=O) groups is 1. The van der Waals surface area contributed by atoms with Gasteiger partial charge in [0, 0.05) is 48.5 Å². The number of fused-ring (bicyclic) bond motifs is 5. The number of H-pyrrole nitrogens is 1. The van der Waals surface area contributed by atoms with Gasteiger partial charge in [0.15, 0.2) is 11.6 Å². The second kappa shape index (κ2) is 10.4. The minimum atomic E-state index is -0.250. The molecule has 9 nitrogen and oxygen atoms in total. The molecular weight excluding hydrogens is 534 g/mol. The summed E-state index contributed by atoms with van der Waals surface area (Å²) in [4.78, 5) is 35.5. The topological polar surface area (TPSA) is 106 Å². The third-order valence-corrected chi connectivity index (χ3v) is 10.1. The quantitative estimate of drug-likeness (QED) is 0.290. The van der Waals surface area contributed by atoms with Crippen LogP contribution in [0.2, 0.25) is 0 Å². The first kappa shape index (κ1) is 25.9. The van der Waals surface area contributed by atoms with Gasteiger partial charge >= 0.3 is 0 Å². The van der Waals surface area contributed by atoms with E-state index in [4.69, 9.17) is 0 Å². The largest absolute Gasteiger partial charge is 0.353 e. The first-order valence-corrected chi connectivity index (χ1v) is 15.1. The maximum Gasteiger partial charge on any atom is 0.271 e. The van der Waals surface area contributed by atoms with Crippen molar-refractivity contribution in [1.29, 1.82) is 0 Å². The summed E-state index contributed by atoms with van der Waals surface area (Å²) < 4.78 is 0. The molecule has 3 aromatic heterocycles. The zero-order chi connectivity index (χ0) is 28.1. The molecule has 3 N–H and O–H groups in total. The standard InChI is InChI=1S/C31H33N7O2S/c1-18-22(4-3-5-24(18)34-31(40)26-16-23-19-6-7-20(14-19)29(23)41-26)21-15-25(30(39)32-17-21)33-27-8-9-28(36-35-27)38-12-10-37(2)11-13-38/h3-5,8-9,15-17,19-20H,6-7,10-14H2,1-2H3,(H,32,39)(H,33,35)(H,34,40). The van der Waals surface area contributed by atoms with Crippen molar-refractivity contribution in [2.75, 3.05) is 48.8 Å². The molecule has 1 saturated heterocycles. The number of thiophene rings is 1. The fourth-order valence-electron chi connectivity index (χ4n) is 6.41. The first-order valence-electron chi connectivity index (χ1n) is 14.2. The van der Waals surface area contributed by atoms with Gasteiger partial charge in [-0.15, -0.1) is 21.5 Å². The van der Waals surface area contributed by atoms with E-state index in [0.717, 1.165) is 59.3 Å². The van der Waals surface area contributed by atoms with Gasteiger partial charge in [0.25, 0.3) is 11.5 Å². The smallest absolute Gasteiger partial charge is 0.271 e. The Hall–Kier alpha value is -4.02. The number of anilines is 4. The Bertz CT molecular complexity index is 1640. The summed E-state index contributed by atoms with van der Waals surface area (Å²) in [7, 11) is 2.12. The summed E-state index contributed by atoms with van der Waals surface area (Å²) in [6.45, 7) is 5.79. The van der Waals surface area contributed by atoms with Crippen LogP contribution in [0.25, 0.3) is 11.1 Å². The first-order chi connectivity index (χ1) is 19.9. The Morgan fingerprint density at radius 1 is 1.02 bits per heavy atom. The number of hydrogen-bond donors (Lipinski definition) is 3. The lowest BCUT2D eigenvalue weighted by molar-refractivity contribution is 0.103. The summed E-state index contributed by atoms with van der Waals surface area (Å²) in [5.74, 6) is 2.56. The summed E-state index contributed by atoms with van der Waals surface area (Å²) in [6.07, 6.45) is 5.46. The highest BCUT2D eigenvalue weighted by Crippen LogP contribution is 2.56. The van der Waals surface area contributed by atoms with Gasteiger partial charge in [0.05, 0.1) is 4.88 Å². The SMILES string of the molecule is Cc1c(NC(=O)c2cc3c(s2)C2CCC3C2)cccc1-c1c[nH]c(=O)c(Nc2ccc(N3CCN(C)CC3)nn2)c1. The van der Waals surface area contributed by atoms with Crippen LogP contribution < -0.4 is 21.1 Å². The molecule has 2 bridgehead atoms. The number of piperazine rings is 1. The highest BCUT2D eigenvalue weighted by molar-refractivity contribution is 7.14. The third kappa shape index (κ3) is 4.91. The van der Waals surface area contributed by atoms with E-state index in [-0.39, 0.29) is 11.5 Å². The van der Waals surface area contributed by atoms with E-state index < -0.39 is 0 Å². The van der Waals surface area contributed by atoms with Gasteiger partial charge in [-0.1, -0.05) is 12.1 Å². The number of hydrogen-bond acceptors (Lipinski definition) is 8. The monoisotopic (exact) mass is 567 g/mol. The molecule has 4 heterocycles. The van der Waals surface area contributed by atoms with Crippen LogP contribution in [-0.4, -0.2) is 59.2 Å². The Balaban J connectivity index is 1.08. The van der Waals surface area contributed by atoms with Crippen molar-refractivity contribution < 1.29 is 4.79 Å². The van der Waals surface area contributed by atoms with Crippen LogP contribution >= 0.6 is 11.3 Å². The molecule has 1 aromatic carbocycles. The molecule has 2 atom stereocenters. The lowest BCUT2D eigenvalue weighted by atomic mass is 9.98. The summed E-state index contributed by atoms with van der Waals surface area (Å²) in [5.41, 5.74) is 4.96. The Morgan fingerprint density at radius 2 is 1.85 bits per heavy atom. The van der Waals surface area contributed by atoms with Gasteiger partial charge in [-0.05, 0) is 92.1 Å². The molecule has 0 spiro atoms. The van der Waals surface area contributed by atoms with Crippen molar-refractivity contribution in [1.82, 2.24) is 20.1 Å². The molecule has 0 radical (unpaired) electrons. The third-order valence-electron chi connectivity index (χ3n) is 8.79. The van der Waals surface area contributed by atoms with E-state index in [1.54, 1.807) is 17.5 Å². The molecule has 1 amide bonds. The maximum atomic E-state index is 13.2. The van der Waals surface area contributed by atoms with Crippen LogP contribution in [0, 0.1) is 6.92 Å². The van der Waals surface area contributed by atoms with Gasteiger partial charge in [-0.3, -0.25) is 9.59 Å². The van der Waals surface area contributed by atoms with Crippen molar-refractivity contribution in [3.05, 3.63) is 79.9 Å².